The van der Waals surface area contributed by atoms with Crippen LogP contribution in [0.15, 0.2) is 30.6 Å². The van der Waals surface area contributed by atoms with E-state index in [1.807, 2.05) is 32.6 Å². The van der Waals surface area contributed by atoms with E-state index < -0.39 is 5.91 Å². The van der Waals surface area contributed by atoms with E-state index >= 15 is 0 Å². The van der Waals surface area contributed by atoms with Crippen LogP contribution >= 0.6 is 0 Å². The Hall–Kier alpha value is -3.79. The number of methoxy groups -OCH3 is 1. The summed E-state index contributed by atoms with van der Waals surface area (Å²) in [6.45, 7) is 1.78. The number of hydrogen-bond acceptors (Lipinski definition) is 7. The molecule has 1 amide bonds. The minimum Gasteiger partial charge on any atom is -0.507 e. The number of nitrogens with zero attached hydrogens (tertiary/aromatic N) is 5. The number of hydrogen-bond donors (Lipinski definition) is 3. The van der Waals surface area contributed by atoms with Gasteiger partial charge < -0.3 is 25.4 Å². The molecule has 10 nitrogen and oxygen atoms in total. The molecule has 1 saturated heterocycles. The van der Waals surface area contributed by atoms with Crippen molar-refractivity contribution in [2.24, 2.45) is 14.1 Å². The zero-order valence-electron chi connectivity index (χ0n) is 20.8. The maximum atomic E-state index is 13.5. The number of piperidine rings is 1. The average Bonchev–Trinajstić information content (AvgIpc) is 3.46. The molecule has 1 aliphatic heterocycles. The van der Waals surface area contributed by atoms with Gasteiger partial charge in [-0.2, -0.15) is 10.2 Å². The summed E-state index contributed by atoms with van der Waals surface area (Å²) in [6, 6.07) is 6.55. The minimum atomic E-state index is -0.448. The summed E-state index contributed by atoms with van der Waals surface area (Å²) in [7, 11) is 5.22. The third kappa shape index (κ3) is 4.11. The molecule has 1 saturated carbocycles. The number of aromatic hydroxyl groups is 1. The fourth-order valence-corrected chi connectivity index (χ4v) is 5.24. The van der Waals surface area contributed by atoms with Gasteiger partial charge in [0.15, 0.2) is 0 Å². The van der Waals surface area contributed by atoms with Crippen molar-refractivity contribution in [2.45, 2.75) is 37.8 Å². The van der Waals surface area contributed by atoms with E-state index in [0.717, 1.165) is 47.9 Å². The lowest BCUT2D eigenvalue weighted by atomic mass is 10.0. The summed E-state index contributed by atoms with van der Waals surface area (Å²) in [5.74, 6) is -0.0458. The fourth-order valence-electron chi connectivity index (χ4n) is 5.24. The Kier molecular flexibility index (Phi) is 5.48. The standard InChI is InChI=1S/C26H31N7O3/c1-31-13-15-10-20(23(36-3)11-19(15)29-31)28-26(35)24-22(34)12-21(18-14-32(2)30-25(18)24)33-8-6-17(7-9-33)27-16-4-5-16/h10-14,16-17,27,34H,4-9H2,1-3H3,(H,28,35). The van der Waals surface area contributed by atoms with Crippen molar-refractivity contribution >= 4 is 39.1 Å². The number of carbonyl (C=O) groups is 1. The third-order valence-electron chi connectivity index (χ3n) is 7.17. The fraction of sp³-hybridized carbons (Fsp3) is 0.423. The molecule has 3 heterocycles. The van der Waals surface area contributed by atoms with Crippen LogP contribution in [-0.4, -0.2) is 62.9 Å². The highest BCUT2D eigenvalue weighted by Crippen LogP contribution is 2.38. The summed E-state index contributed by atoms with van der Waals surface area (Å²) in [6.07, 6.45) is 8.47. The zero-order chi connectivity index (χ0) is 25.0. The maximum absolute atomic E-state index is 13.5. The molecule has 2 fully saturated rings. The van der Waals surface area contributed by atoms with Gasteiger partial charge in [0, 0.05) is 74.6 Å². The highest BCUT2D eigenvalue weighted by molar-refractivity contribution is 6.16. The van der Waals surface area contributed by atoms with E-state index in [1.165, 1.54) is 12.8 Å². The van der Waals surface area contributed by atoms with Crippen LogP contribution < -0.4 is 20.3 Å². The molecule has 0 bridgehead atoms. The Morgan fingerprint density at radius 1 is 1.03 bits per heavy atom. The molecule has 10 heteroatoms. The number of benzene rings is 2. The van der Waals surface area contributed by atoms with Gasteiger partial charge in [0.2, 0.25) is 0 Å². The highest BCUT2D eigenvalue weighted by atomic mass is 16.5. The lowest BCUT2D eigenvalue weighted by Crippen LogP contribution is -2.43. The van der Waals surface area contributed by atoms with Crippen LogP contribution in [0.3, 0.4) is 0 Å². The molecule has 6 rings (SSSR count). The molecule has 4 aromatic rings. The second-order valence-corrected chi connectivity index (χ2v) is 9.93. The number of nitrogens with one attached hydrogen (secondary N) is 2. The van der Waals surface area contributed by atoms with E-state index in [-0.39, 0.29) is 11.3 Å². The monoisotopic (exact) mass is 489 g/mol. The minimum absolute atomic E-state index is 0.0895. The largest absolute Gasteiger partial charge is 0.507 e. The Labute approximate surface area is 208 Å². The van der Waals surface area contributed by atoms with Gasteiger partial charge in [-0.15, -0.1) is 0 Å². The SMILES string of the molecule is COc1cc2nn(C)cc2cc1NC(=O)c1c(O)cc(N2CCC(NC3CC3)CC2)c2cn(C)nc12. The molecular formula is C26H31N7O3. The van der Waals surface area contributed by atoms with Crippen molar-refractivity contribution in [2.75, 3.05) is 30.4 Å². The second-order valence-electron chi connectivity index (χ2n) is 9.93. The summed E-state index contributed by atoms with van der Waals surface area (Å²) >= 11 is 0. The Balaban J connectivity index is 1.31. The van der Waals surface area contributed by atoms with Crippen molar-refractivity contribution in [3.8, 4) is 11.5 Å². The van der Waals surface area contributed by atoms with Crippen molar-refractivity contribution in [1.29, 1.82) is 0 Å². The van der Waals surface area contributed by atoms with Gasteiger partial charge in [-0.3, -0.25) is 14.2 Å². The molecule has 36 heavy (non-hydrogen) atoms. The topological polar surface area (TPSA) is 109 Å². The number of phenols is 1. The van der Waals surface area contributed by atoms with Gasteiger partial charge in [0.05, 0.1) is 24.0 Å². The predicted molar refractivity (Wildman–Crippen MR) is 139 cm³/mol. The van der Waals surface area contributed by atoms with Gasteiger partial charge in [0.1, 0.15) is 22.6 Å². The molecule has 0 spiro atoms. The number of rotatable bonds is 6. The number of ether oxygens (including phenoxy) is 1. The van der Waals surface area contributed by atoms with E-state index in [4.69, 9.17) is 4.74 Å². The van der Waals surface area contributed by atoms with Crippen LogP contribution in [0, 0.1) is 0 Å². The number of aromatic nitrogens is 4. The van der Waals surface area contributed by atoms with E-state index in [2.05, 4.69) is 25.7 Å². The Bertz CT molecular complexity index is 1460. The van der Waals surface area contributed by atoms with E-state index in [9.17, 15) is 9.90 Å². The summed E-state index contributed by atoms with van der Waals surface area (Å²) in [5.41, 5.74) is 2.80. The third-order valence-corrected chi connectivity index (χ3v) is 7.17. The van der Waals surface area contributed by atoms with Crippen LogP contribution in [0.4, 0.5) is 11.4 Å². The molecule has 2 aromatic carbocycles. The van der Waals surface area contributed by atoms with E-state index in [1.54, 1.807) is 28.6 Å². The van der Waals surface area contributed by atoms with Gasteiger partial charge in [-0.1, -0.05) is 0 Å². The first-order chi connectivity index (χ1) is 17.4. The Morgan fingerprint density at radius 3 is 2.47 bits per heavy atom. The van der Waals surface area contributed by atoms with Crippen LogP contribution in [-0.2, 0) is 14.1 Å². The van der Waals surface area contributed by atoms with Gasteiger partial charge in [-0.05, 0) is 31.7 Å². The summed E-state index contributed by atoms with van der Waals surface area (Å²) < 4.78 is 8.90. The molecule has 3 N–H and O–H groups in total. The lowest BCUT2D eigenvalue weighted by Gasteiger charge is -2.34. The highest BCUT2D eigenvalue weighted by Gasteiger charge is 2.29. The smallest absolute Gasteiger partial charge is 0.261 e. The first-order valence-corrected chi connectivity index (χ1v) is 12.4. The lowest BCUT2D eigenvalue weighted by molar-refractivity contribution is 0.102. The Morgan fingerprint density at radius 2 is 1.75 bits per heavy atom. The number of fused-ring (bicyclic) bond motifs is 2. The van der Waals surface area contributed by atoms with Crippen LogP contribution in [0.2, 0.25) is 0 Å². The molecule has 1 aliphatic carbocycles. The normalized spacial score (nSPS) is 16.7. The number of amides is 1. The van der Waals surface area contributed by atoms with Crippen molar-refractivity contribution in [1.82, 2.24) is 24.9 Å². The molecule has 2 aliphatic rings. The first kappa shape index (κ1) is 22.7. The predicted octanol–water partition coefficient (Wildman–Crippen LogP) is 3.15. The van der Waals surface area contributed by atoms with Crippen molar-refractivity contribution in [3.63, 3.8) is 0 Å². The number of anilines is 2. The molecule has 0 radical (unpaired) electrons. The van der Waals surface area contributed by atoms with Crippen molar-refractivity contribution < 1.29 is 14.6 Å². The molecular weight excluding hydrogens is 458 g/mol. The van der Waals surface area contributed by atoms with Gasteiger partial charge >= 0.3 is 0 Å². The molecule has 188 valence electrons. The van der Waals surface area contributed by atoms with Crippen LogP contribution in [0.25, 0.3) is 21.8 Å². The first-order valence-electron chi connectivity index (χ1n) is 12.4. The van der Waals surface area contributed by atoms with Crippen LogP contribution in [0.5, 0.6) is 11.5 Å². The average molecular weight is 490 g/mol. The number of carbonyl (C=O) groups excluding carboxylic acids is 1. The molecule has 2 aromatic heterocycles. The summed E-state index contributed by atoms with van der Waals surface area (Å²) in [4.78, 5) is 15.8. The van der Waals surface area contributed by atoms with Crippen molar-refractivity contribution in [3.05, 3.63) is 36.2 Å². The summed E-state index contributed by atoms with van der Waals surface area (Å²) in [5, 5.41) is 28.4. The zero-order valence-corrected chi connectivity index (χ0v) is 20.8. The van der Waals surface area contributed by atoms with E-state index in [0.29, 0.717) is 29.0 Å². The van der Waals surface area contributed by atoms with Crippen LogP contribution in [0.1, 0.15) is 36.0 Å². The molecule has 0 atom stereocenters. The quantitative estimate of drug-likeness (QED) is 0.382. The second kappa shape index (κ2) is 8.70. The number of phenolic OH excluding ortho intramolecular Hbond substituents is 1. The number of aryl methyl sites for hydroxylation is 2. The van der Waals surface area contributed by atoms with Gasteiger partial charge in [0.25, 0.3) is 5.91 Å². The van der Waals surface area contributed by atoms with Gasteiger partial charge in [-0.25, -0.2) is 0 Å². The molecule has 0 unspecified atom stereocenters. The maximum Gasteiger partial charge on any atom is 0.261 e.